The molecule has 0 amide bonds. The highest BCUT2D eigenvalue weighted by Crippen LogP contribution is 2.23. The number of piperidine rings is 1. The fourth-order valence-corrected chi connectivity index (χ4v) is 4.97. The Morgan fingerprint density at radius 1 is 1.36 bits per heavy atom. The van der Waals surface area contributed by atoms with Crippen LogP contribution in [0, 0.1) is 17.8 Å². The van der Waals surface area contributed by atoms with Gasteiger partial charge in [-0.1, -0.05) is 19.9 Å². The van der Waals surface area contributed by atoms with Crippen molar-refractivity contribution in [2.24, 2.45) is 22.7 Å². The van der Waals surface area contributed by atoms with Crippen molar-refractivity contribution in [3.05, 3.63) is 12.7 Å². The van der Waals surface area contributed by atoms with Crippen LogP contribution in [0.15, 0.2) is 17.6 Å². The number of likely N-dealkylation sites (tertiary alicyclic amines) is 1. The van der Waals surface area contributed by atoms with Gasteiger partial charge in [-0.2, -0.15) is 0 Å². The second kappa shape index (κ2) is 7.49. The Labute approximate surface area is 134 Å². The summed E-state index contributed by atoms with van der Waals surface area (Å²) in [6.07, 6.45) is 3.74. The predicted molar refractivity (Wildman–Crippen MR) is 91.8 cm³/mol. The van der Waals surface area contributed by atoms with Gasteiger partial charge in [-0.25, -0.2) is 8.42 Å². The SMILES string of the molecule is C=CCNC(=NCC1CCS(=O)(=O)C1)N1CCC(C)C(C)C1. The van der Waals surface area contributed by atoms with Crippen LogP contribution in [0.1, 0.15) is 26.7 Å². The lowest BCUT2D eigenvalue weighted by Gasteiger charge is -2.37. The maximum Gasteiger partial charge on any atom is 0.194 e. The lowest BCUT2D eigenvalue weighted by atomic mass is 9.89. The zero-order valence-corrected chi connectivity index (χ0v) is 14.6. The fraction of sp³-hybridized carbons (Fsp3) is 0.812. The summed E-state index contributed by atoms with van der Waals surface area (Å²) in [4.78, 5) is 7.01. The van der Waals surface area contributed by atoms with Crippen molar-refractivity contribution in [2.45, 2.75) is 26.7 Å². The second-order valence-corrected chi connectivity index (χ2v) is 9.02. The number of guanidine groups is 1. The Morgan fingerprint density at radius 2 is 2.14 bits per heavy atom. The third-order valence-corrected chi connectivity index (χ3v) is 6.70. The first kappa shape index (κ1) is 17.3. The molecule has 0 aromatic carbocycles. The van der Waals surface area contributed by atoms with Crippen LogP contribution in [0.25, 0.3) is 0 Å². The van der Waals surface area contributed by atoms with Crippen molar-refractivity contribution in [3.63, 3.8) is 0 Å². The largest absolute Gasteiger partial charge is 0.353 e. The van der Waals surface area contributed by atoms with Crippen LogP contribution in [0.3, 0.4) is 0 Å². The van der Waals surface area contributed by atoms with Crippen LogP contribution in [0.5, 0.6) is 0 Å². The normalized spacial score (nSPS) is 32.0. The smallest absolute Gasteiger partial charge is 0.194 e. The van der Waals surface area contributed by atoms with E-state index in [9.17, 15) is 8.42 Å². The third-order valence-electron chi connectivity index (χ3n) is 4.86. The molecular weight excluding hydrogens is 298 g/mol. The molecule has 2 aliphatic heterocycles. The standard InChI is InChI=1S/C16H29N3O2S/c1-4-7-17-16(19-8-5-13(2)14(3)11-19)18-10-15-6-9-22(20,21)12-15/h4,13-15H,1,5-12H2,2-3H3,(H,17,18). The van der Waals surface area contributed by atoms with Crippen LogP contribution in [0.2, 0.25) is 0 Å². The molecule has 2 rings (SSSR count). The van der Waals surface area contributed by atoms with E-state index >= 15 is 0 Å². The molecule has 0 bridgehead atoms. The van der Waals surface area contributed by atoms with Crippen molar-refractivity contribution in [1.29, 1.82) is 0 Å². The number of sulfone groups is 1. The lowest BCUT2D eigenvalue weighted by Crippen LogP contribution is -2.48. The summed E-state index contributed by atoms with van der Waals surface area (Å²) in [5.41, 5.74) is 0. The summed E-state index contributed by atoms with van der Waals surface area (Å²) in [6.45, 7) is 11.6. The molecule has 6 heteroatoms. The average molecular weight is 327 g/mol. The Balaban J connectivity index is 1.99. The number of hydrogen-bond acceptors (Lipinski definition) is 3. The Morgan fingerprint density at radius 3 is 2.73 bits per heavy atom. The zero-order chi connectivity index (χ0) is 16.2. The van der Waals surface area contributed by atoms with Crippen LogP contribution in [-0.2, 0) is 9.84 Å². The monoisotopic (exact) mass is 327 g/mol. The molecule has 22 heavy (non-hydrogen) atoms. The van der Waals surface area contributed by atoms with E-state index in [2.05, 4.69) is 30.6 Å². The zero-order valence-electron chi connectivity index (χ0n) is 13.8. The molecule has 0 spiro atoms. The Bertz CT molecular complexity index is 515. The van der Waals surface area contributed by atoms with Gasteiger partial charge in [0.15, 0.2) is 15.8 Å². The van der Waals surface area contributed by atoms with Gasteiger partial charge in [0.25, 0.3) is 0 Å². The van der Waals surface area contributed by atoms with E-state index in [1.807, 2.05) is 6.08 Å². The maximum absolute atomic E-state index is 11.6. The molecule has 3 unspecified atom stereocenters. The summed E-state index contributed by atoms with van der Waals surface area (Å²) in [5, 5.41) is 3.33. The van der Waals surface area contributed by atoms with Gasteiger partial charge in [0.1, 0.15) is 0 Å². The number of nitrogens with zero attached hydrogens (tertiary/aromatic N) is 2. The molecule has 0 aliphatic carbocycles. The Kier molecular flexibility index (Phi) is 5.89. The summed E-state index contributed by atoms with van der Waals surface area (Å²) >= 11 is 0. The van der Waals surface area contributed by atoms with Gasteiger partial charge in [0.05, 0.1) is 11.5 Å². The lowest BCUT2D eigenvalue weighted by molar-refractivity contribution is 0.200. The summed E-state index contributed by atoms with van der Waals surface area (Å²) in [7, 11) is -2.82. The van der Waals surface area contributed by atoms with Crippen molar-refractivity contribution in [2.75, 3.05) is 37.7 Å². The molecule has 0 aromatic heterocycles. The molecular formula is C16H29N3O2S. The highest BCUT2D eigenvalue weighted by atomic mass is 32.2. The quantitative estimate of drug-likeness (QED) is 0.483. The van der Waals surface area contributed by atoms with Gasteiger partial charge >= 0.3 is 0 Å². The van der Waals surface area contributed by atoms with Crippen molar-refractivity contribution >= 4 is 15.8 Å². The van der Waals surface area contributed by atoms with Crippen LogP contribution >= 0.6 is 0 Å². The molecule has 1 N–H and O–H groups in total. The van der Waals surface area contributed by atoms with E-state index in [1.54, 1.807) is 0 Å². The summed E-state index contributed by atoms with van der Waals surface area (Å²) in [5.74, 6) is 3.09. The number of nitrogens with one attached hydrogen (secondary N) is 1. The number of hydrogen-bond donors (Lipinski definition) is 1. The molecule has 2 heterocycles. The first-order valence-electron chi connectivity index (χ1n) is 8.26. The highest BCUT2D eigenvalue weighted by Gasteiger charge is 2.28. The Hall–Kier alpha value is -1.04. The highest BCUT2D eigenvalue weighted by molar-refractivity contribution is 7.91. The maximum atomic E-state index is 11.6. The molecule has 0 radical (unpaired) electrons. The van der Waals surface area contributed by atoms with Gasteiger partial charge in [-0.05, 0) is 30.6 Å². The van der Waals surface area contributed by atoms with Crippen molar-refractivity contribution < 1.29 is 8.42 Å². The van der Waals surface area contributed by atoms with Crippen molar-refractivity contribution in [1.82, 2.24) is 10.2 Å². The predicted octanol–water partition coefficient (Wildman–Crippen LogP) is 1.53. The molecule has 2 aliphatic rings. The van der Waals surface area contributed by atoms with Gasteiger partial charge in [0.2, 0.25) is 0 Å². The molecule has 0 aromatic rings. The van der Waals surface area contributed by atoms with E-state index < -0.39 is 9.84 Å². The minimum Gasteiger partial charge on any atom is -0.353 e. The number of rotatable bonds is 4. The number of aliphatic imine (C=N–C) groups is 1. The first-order valence-corrected chi connectivity index (χ1v) is 10.1. The first-order chi connectivity index (χ1) is 10.4. The molecule has 2 saturated heterocycles. The summed E-state index contributed by atoms with van der Waals surface area (Å²) < 4.78 is 23.1. The molecule has 5 nitrogen and oxygen atoms in total. The second-order valence-electron chi connectivity index (χ2n) is 6.79. The van der Waals surface area contributed by atoms with E-state index in [0.29, 0.717) is 30.5 Å². The van der Waals surface area contributed by atoms with Crippen LogP contribution < -0.4 is 5.32 Å². The van der Waals surface area contributed by atoms with Gasteiger partial charge in [0, 0.05) is 26.2 Å². The van der Waals surface area contributed by atoms with E-state index in [4.69, 9.17) is 4.99 Å². The minimum atomic E-state index is -2.82. The third kappa shape index (κ3) is 4.73. The fourth-order valence-electron chi connectivity index (χ4n) is 3.12. The van der Waals surface area contributed by atoms with E-state index in [-0.39, 0.29) is 5.92 Å². The molecule has 3 atom stereocenters. The van der Waals surface area contributed by atoms with Gasteiger partial charge in [-0.3, -0.25) is 4.99 Å². The minimum absolute atomic E-state index is 0.173. The average Bonchev–Trinajstić information content (AvgIpc) is 2.82. The summed E-state index contributed by atoms with van der Waals surface area (Å²) in [6, 6.07) is 0. The molecule has 126 valence electrons. The van der Waals surface area contributed by atoms with E-state index in [1.165, 1.54) is 6.42 Å². The molecule has 0 saturated carbocycles. The van der Waals surface area contributed by atoms with Crippen LogP contribution in [0.4, 0.5) is 0 Å². The van der Waals surface area contributed by atoms with Gasteiger partial charge < -0.3 is 10.2 Å². The topological polar surface area (TPSA) is 61.8 Å². The van der Waals surface area contributed by atoms with Gasteiger partial charge in [-0.15, -0.1) is 6.58 Å². The molecule has 2 fully saturated rings. The van der Waals surface area contributed by atoms with Crippen LogP contribution in [-0.4, -0.2) is 57.0 Å². The van der Waals surface area contributed by atoms with E-state index in [0.717, 1.165) is 31.4 Å². The van der Waals surface area contributed by atoms with Crippen molar-refractivity contribution in [3.8, 4) is 0 Å².